The summed E-state index contributed by atoms with van der Waals surface area (Å²) in [6.45, 7) is 2.94. The third-order valence-electron chi connectivity index (χ3n) is 3.68. The zero-order valence-corrected chi connectivity index (χ0v) is 14.5. The molecule has 0 saturated carbocycles. The van der Waals surface area contributed by atoms with Crippen molar-refractivity contribution in [3.8, 4) is 0 Å². The number of amides is 1. The zero-order valence-electron chi connectivity index (χ0n) is 13.7. The van der Waals surface area contributed by atoms with Crippen molar-refractivity contribution in [1.82, 2.24) is 0 Å². The third kappa shape index (κ3) is 4.39. The van der Waals surface area contributed by atoms with E-state index in [1.54, 1.807) is 6.92 Å². The molecule has 0 aliphatic rings. The molecule has 8 heteroatoms. The van der Waals surface area contributed by atoms with E-state index in [1.165, 1.54) is 37.3 Å². The van der Waals surface area contributed by atoms with Crippen molar-refractivity contribution in [3.63, 3.8) is 0 Å². The standard InChI is InChI=1S/C17H16F3NO3S/c1-10-5-7-13(25(3,23)24)9-14(10)16(22)21-12-6-4-11(2)15(8-12)17(18,19)20/h4-9H,1-3H3,(H,21,22). The number of carbonyl (C=O) groups is 1. The Hall–Kier alpha value is -2.35. The van der Waals surface area contributed by atoms with Gasteiger partial charge in [0.15, 0.2) is 9.84 Å². The lowest BCUT2D eigenvalue weighted by molar-refractivity contribution is -0.138. The normalized spacial score (nSPS) is 12.1. The molecule has 2 aromatic carbocycles. The SMILES string of the molecule is Cc1ccc(S(C)(=O)=O)cc1C(=O)Nc1ccc(C)c(C(F)(F)F)c1. The number of anilines is 1. The molecular formula is C17H16F3NO3S. The number of carbonyl (C=O) groups excluding carboxylic acids is 1. The Bertz CT molecular complexity index is 935. The smallest absolute Gasteiger partial charge is 0.322 e. The lowest BCUT2D eigenvalue weighted by Gasteiger charge is -2.13. The Morgan fingerprint density at radius 2 is 1.60 bits per heavy atom. The van der Waals surface area contributed by atoms with Crippen LogP contribution >= 0.6 is 0 Å². The lowest BCUT2D eigenvalue weighted by atomic mass is 10.1. The fraction of sp³-hybridized carbons (Fsp3) is 0.235. The van der Waals surface area contributed by atoms with Gasteiger partial charge in [0.2, 0.25) is 0 Å². The molecule has 0 spiro atoms. The van der Waals surface area contributed by atoms with Crippen LogP contribution in [0.3, 0.4) is 0 Å². The summed E-state index contributed by atoms with van der Waals surface area (Å²) in [6.07, 6.45) is -3.52. The maximum absolute atomic E-state index is 13.0. The number of halogens is 3. The molecule has 0 radical (unpaired) electrons. The molecular weight excluding hydrogens is 355 g/mol. The van der Waals surface area contributed by atoms with Crippen LogP contribution in [-0.4, -0.2) is 20.6 Å². The van der Waals surface area contributed by atoms with Crippen molar-refractivity contribution in [1.29, 1.82) is 0 Å². The molecule has 4 nitrogen and oxygen atoms in total. The summed E-state index contributed by atoms with van der Waals surface area (Å²) in [5, 5.41) is 2.38. The fourth-order valence-corrected chi connectivity index (χ4v) is 2.93. The first kappa shape index (κ1) is 19.0. The first-order chi connectivity index (χ1) is 11.4. The molecule has 1 amide bonds. The molecule has 0 bridgehead atoms. The lowest BCUT2D eigenvalue weighted by Crippen LogP contribution is -2.15. The second-order valence-electron chi connectivity index (χ2n) is 5.73. The minimum absolute atomic E-state index is 0.0212. The molecule has 1 N–H and O–H groups in total. The molecule has 0 fully saturated rings. The molecule has 0 aromatic heterocycles. The van der Waals surface area contributed by atoms with Gasteiger partial charge < -0.3 is 5.32 Å². The van der Waals surface area contributed by atoms with E-state index >= 15 is 0 Å². The summed E-state index contributed by atoms with van der Waals surface area (Å²) in [5.41, 5.74) is -0.232. The second-order valence-corrected chi connectivity index (χ2v) is 7.75. The van der Waals surface area contributed by atoms with Crippen molar-refractivity contribution >= 4 is 21.4 Å². The van der Waals surface area contributed by atoms with Crippen molar-refractivity contribution in [2.24, 2.45) is 0 Å². The Morgan fingerprint density at radius 1 is 1.00 bits per heavy atom. The molecule has 2 rings (SSSR count). The summed E-state index contributed by atoms with van der Waals surface area (Å²) in [7, 11) is -3.51. The van der Waals surface area contributed by atoms with Crippen molar-refractivity contribution in [3.05, 3.63) is 58.7 Å². The van der Waals surface area contributed by atoms with Crippen LogP contribution in [0.4, 0.5) is 18.9 Å². The third-order valence-corrected chi connectivity index (χ3v) is 4.79. The number of rotatable bonds is 3. The molecule has 25 heavy (non-hydrogen) atoms. The highest BCUT2D eigenvalue weighted by Crippen LogP contribution is 2.33. The number of hydrogen-bond donors (Lipinski definition) is 1. The van der Waals surface area contributed by atoms with Gasteiger partial charge in [0.05, 0.1) is 10.5 Å². The van der Waals surface area contributed by atoms with Gasteiger partial charge in [-0.15, -0.1) is 0 Å². The number of aryl methyl sites for hydroxylation is 2. The first-order valence-corrected chi connectivity index (χ1v) is 9.08. The van der Waals surface area contributed by atoms with E-state index in [2.05, 4.69) is 5.32 Å². The van der Waals surface area contributed by atoms with Crippen molar-refractivity contribution < 1.29 is 26.4 Å². The fourth-order valence-electron chi connectivity index (χ4n) is 2.28. The van der Waals surface area contributed by atoms with Crippen LogP contribution in [0.1, 0.15) is 27.0 Å². The number of nitrogens with one attached hydrogen (secondary N) is 1. The van der Waals surface area contributed by atoms with E-state index in [4.69, 9.17) is 0 Å². The monoisotopic (exact) mass is 371 g/mol. The summed E-state index contributed by atoms with van der Waals surface area (Å²) < 4.78 is 62.1. The van der Waals surface area contributed by atoms with E-state index in [0.717, 1.165) is 12.3 Å². The molecule has 0 saturated heterocycles. The van der Waals surface area contributed by atoms with Gasteiger partial charge in [-0.1, -0.05) is 12.1 Å². The van der Waals surface area contributed by atoms with Gasteiger partial charge >= 0.3 is 6.18 Å². The Kier molecular flexibility index (Phi) is 4.94. The molecule has 0 heterocycles. The van der Waals surface area contributed by atoms with Crippen molar-refractivity contribution in [2.45, 2.75) is 24.9 Å². The van der Waals surface area contributed by atoms with Gasteiger partial charge in [-0.05, 0) is 49.2 Å². The minimum Gasteiger partial charge on any atom is -0.322 e. The summed E-state index contributed by atoms with van der Waals surface area (Å²) in [4.78, 5) is 12.3. The van der Waals surface area contributed by atoms with Gasteiger partial charge in [0.25, 0.3) is 5.91 Å². The Labute approximate surface area is 143 Å². The maximum Gasteiger partial charge on any atom is 0.416 e. The summed E-state index contributed by atoms with van der Waals surface area (Å²) in [6, 6.07) is 7.52. The average molecular weight is 371 g/mol. The highest BCUT2D eigenvalue weighted by atomic mass is 32.2. The predicted molar refractivity (Wildman–Crippen MR) is 88.4 cm³/mol. The molecule has 0 atom stereocenters. The van der Waals surface area contributed by atoms with E-state index in [9.17, 15) is 26.4 Å². The van der Waals surface area contributed by atoms with E-state index in [0.29, 0.717) is 5.56 Å². The summed E-state index contributed by atoms with van der Waals surface area (Å²) in [5.74, 6) is -0.681. The molecule has 0 aliphatic carbocycles. The number of hydrogen-bond acceptors (Lipinski definition) is 3. The van der Waals surface area contributed by atoms with Gasteiger partial charge in [-0.2, -0.15) is 13.2 Å². The number of alkyl halides is 3. The quantitative estimate of drug-likeness (QED) is 0.888. The Balaban J connectivity index is 2.38. The van der Waals surface area contributed by atoms with Crippen LogP contribution in [-0.2, 0) is 16.0 Å². The topological polar surface area (TPSA) is 63.2 Å². The number of sulfone groups is 1. The van der Waals surface area contributed by atoms with Crippen LogP contribution in [0, 0.1) is 13.8 Å². The van der Waals surface area contributed by atoms with Gasteiger partial charge in [0, 0.05) is 17.5 Å². The van der Waals surface area contributed by atoms with Crippen molar-refractivity contribution in [2.75, 3.05) is 11.6 Å². The molecule has 0 unspecified atom stereocenters. The predicted octanol–water partition coefficient (Wildman–Crippen LogP) is 3.98. The van der Waals surface area contributed by atoms with Gasteiger partial charge in [-0.3, -0.25) is 4.79 Å². The van der Waals surface area contributed by atoms with Crippen LogP contribution < -0.4 is 5.32 Å². The van der Waals surface area contributed by atoms with Crippen LogP contribution in [0.5, 0.6) is 0 Å². The van der Waals surface area contributed by atoms with E-state index in [1.807, 2.05) is 0 Å². The Morgan fingerprint density at radius 3 is 2.16 bits per heavy atom. The van der Waals surface area contributed by atoms with Crippen LogP contribution in [0.15, 0.2) is 41.3 Å². The molecule has 2 aromatic rings. The number of benzene rings is 2. The largest absolute Gasteiger partial charge is 0.416 e. The van der Waals surface area contributed by atoms with Crippen LogP contribution in [0.25, 0.3) is 0 Å². The zero-order chi connectivity index (χ0) is 19.0. The minimum atomic E-state index is -4.53. The summed E-state index contributed by atoms with van der Waals surface area (Å²) >= 11 is 0. The molecule has 0 aliphatic heterocycles. The maximum atomic E-state index is 13.0. The highest BCUT2D eigenvalue weighted by molar-refractivity contribution is 7.90. The highest BCUT2D eigenvalue weighted by Gasteiger charge is 2.32. The van der Waals surface area contributed by atoms with E-state index < -0.39 is 27.5 Å². The first-order valence-electron chi connectivity index (χ1n) is 7.19. The molecule has 134 valence electrons. The average Bonchev–Trinajstić information content (AvgIpc) is 2.47. The van der Waals surface area contributed by atoms with Gasteiger partial charge in [0.1, 0.15) is 0 Å². The van der Waals surface area contributed by atoms with Crippen LogP contribution in [0.2, 0.25) is 0 Å². The van der Waals surface area contributed by atoms with E-state index in [-0.39, 0.29) is 21.7 Å². The second kappa shape index (κ2) is 6.51. The van der Waals surface area contributed by atoms with Gasteiger partial charge in [-0.25, -0.2) is 8.42 Å².